The summed E-state index contributed by atoms with van der Waals surface area (Å²) in [5.41, 5.74) is 1.27. The van der Waals surface area contributed by atoms with Gasteiger partial charge in [0.2, 0.25) is 0 Å². The van der Waals surface area contributed by atoms with Gasteiger partial charge in [0.15, 0.2) is 0 Å². The van der Waals surface area contributed by atoms with Gasteiger partial charge >= 0.3 is 0 Å². The molecule has 7 nitrogen and oxygen atoms in total. The highest BCUT2D eigenvalue weighted by Gasteiger charge is 2.22. The van der Waals surface area contributed by atoms with Crippen LogP contribution in [0.25, 0.3) is 21.3 Å². The van der Waals surface area contributed by atoms with E-state index in [0.29, 0.717) is 20.7 Å². The normalized spacial score (nSPS) is 11.4. The molecule has 0 aliphatic rings. The number of para-hydroxylation sites is 1. The van der Waals surface area contributed by atoms with Crippen molar-refractivity contribution < 1.29 is 4.92 Å². The number of benzene rings is 2. The predicted octanol–water partition coefficient (Wildman–Crippen LogP) is 6.13. The van der Waals surface area contributed by atoms with Crippen LogP contribution in [0.15, 0.2) is 97.4 Å². The summed E-state index contributed by atoms with van der Waals surface area (Å²) in [7, 11) is 0. The standard InChI is InChI=1S/C23H14N4O3S3/c28-22-20-19(15-7-2-1-3-8-15)23(32-18-11-5-4-10-17(18)27(29)30)33-21(20)24-14-26(22)25-13-16-9-6-12-31-16/h1-14H/b25-13+. The topological polar surface area (TPSA) is 90.4 Å². The molecule has 2 aromatic carbocycles. The molecule has 0 N–H and O–H groups in total. The largest absolute Gasteiger partial charge is 0.283 e. The van der Waals surface area contributed by atoms with Crippen molar-refractivity contribution in [1.29, 1.82) is 0 Å². The molecule has 0 fully saturated rings. The maximum atomic E-state index is 13.4. The van der Waals surface area contributed by atoms with Crippen LogP contribution in [0, 0.1) is 10.1 Å². The lowest BCUT2D eigenvalue weighted by Crippen LogP contribution is -2.16. The van der Waals surface area contributed by atoms with Gasteiger partial charge in [-0.2, -0.15) is 9.78 Å². The Morgan fingerprint density at radius 1 is 1.06 bits per heavy atom. The molecular weight excluding hydrogens is 476 g/mol. The molecule has 10 heteroatoms. The summed E-state index contributed by atoms with van der Waals surface area (Å²) < 4.78 is 1.98. The fraction of sp³-hybridized carbons (Fsp3) is 0. The minimum absolute atomic E-state index is 0.0184. The summed E-state index contributed by atoms with van der Waals surface area (Å²) in [6, 6.07) is 19.9. The molecule has 0 aliphatic carbocycles. The van der Waals surface area contributed by atoms with Crippen molar-refractivity contribution in [2.75, 3.05) is 0 Å². The SMILES string of the molecule is O=c1c2c(-c3ccccc3)c(Sc3ccccc3[N+](=O)[O-])sc2ncn1/N=C/c1cccs1. The molecule has 3 heterocycles. The van der Waals surface area contributed by atoms with Crippen LogP contribution in [0.3, 0.4) is 0 Å². The van der Waals surface area contributed by atoms with Crippen molar-refractivity contribution in [3.8, 4) is 11.1 Å². The summed E-state index contributed by atoms with van der Waals surface area (Å²) in [6.45, 7) is 0. The van der Waals surface area contributed by atoms with Gasteiger partial charge in [-0.05, 0) is 23.1 Å². The Hall–Kier alpha value is -3.60. The number of hydrogen-bond donors (Lipinski definition) is 0. The molecule has 0 saturated carbocycles. The predicted molar refractivity (Wildman–Crippen MR) is 134 cm³/mol. The van der Waals surface area contributed by atoms with E-state index in [1.807, 2.05) is 47.8 Å². The Kier molecular flexibility index (Phi) is 5.86. The van der Waals surface area contributed by atoms with Crippen LogP contribution in [0.5, 0.6) is 0 Å². The highest BCUT2D eigenvalue weighted by atomic mass is 32.2. The Balaban J connectivity index is 1.69. The third-order valence-electron chi connectivity index (χ3n) is 4.74. The Bertz CT molecular complexity index is 1540. The second kappa shape index (κ2) is 9.10. The lowest BCUT2D eigenvalue weighted by Gasteiger charge is -2.06. The fourth-order valence-corrected chi connectivity index (χ4v) is 6.32. The second-order valence-corrected chi connectivity index (χ2v) is 10.1. The molecule has 0 spiro atoms. The van der Waals surface area contributed by atoms with E-state index in [9.17, 15) is 14.9 Å². The van der Waals surface area contributed by atoms with Crippen LogP contribution in [-0.2, 0) is 0 Å². The number of nitro benzene ring substituents is 1. The van der Waals surface area contributed by atoms with Gasteiger partial charge in [0.25, 0.3) is 11.2 Å². The van der Waals surface area contributed by atoms with E-state index < -0.39 is 4.92 Å². The molecule has 5 aromatic rings. The molecule has 0 saturated heterocycles. The maximum Gasteiger partial charge on any atom is 0.283 e. The molecule has 0 aliphatic heterocycles. The highest BCUT2D eigenvalue weighted by molar-refractivity contribution is 8.01. The van der Waals surface area contributed by atoms with Crippen LogP contribution >= 0.6 is 34.4 Å². The van der Waals surface area contributed by atoms with Gasteiger partial charge in [-0.1, -0.05) is 60.3 Å². The monoisotopic (exact) mass is 490 g/mol. The zero-order valence-corrected chi connectivity index (χ0v) is 19.3. The Labute approximate surface area is 199 Å². The number of nitrogens with zero attached hydrogens (tertiary/aromatic N) is 4. The number of nitro groups is 1. The van der Waals surface area contributed by atoms with Crippen LogP contribution in [0.1, 0.15) is 4.88 Å². The third kappa shape index (κ3) is 4.23. The first-order valence-electron chi connectivity index (χ1n) is 9.70. The van der Waals surface area contributed by atoms with Gasteiger partial charge in [0.05, 0.1) is 25.6 Å². The highest BCUT2D eigenvalue weighted by Crippen LogP contribution is 2.46. The van der Waals surface area contributed by atoms with Gasteiger partial charge in [0, 0.05) is 16.5 Å². The van der Waals surface area contributed by atoms with Crippen molar-refractivity contribution in [1.82, 2.24) is 9.66 Å². The first kappa shape index (κ1) is 21.3. The minimum Gasteiger partial charge on any atom is -0.267 e. The van der Waals surface area contributed by atoms with Gasteiger partial charge in [0.1, 0.15) is 11.2 Å². The average Bonchev–Trinajstić information content (AvgIpc) is 3.47. The fourth-order valence-electron chi connectivity index (χ4n) is 3.26. The molecule has 5 rings (SSSR count). The van der Waals surface area contributed by atoms with Gasteiger partial charge in [-0.15, -0.1) is 22.7 Å². The molecule has 0 radical (unpaired) electrons. The second-order valence-electron chi connectivity index (χ2n) is 6.79. The first-order valence-corrected chi connectivity index (χ1v) is 12.2. The van der Waals surface area contributed by atoms with Crippen LogP contribution in [0.2, 0.25) is 0 Å². The molecule has 33 heavy (non-hydrogen) atoms. The number of fused-ring (bicyclic) bond motifs is 1. The summed E-state index contributed by atoms with van der Waals surface area (Å²) in [5, 5.41) is 18.2. The van der Waals surface area contributed by atoms with E-state index in [0.717, 1.165) is 14.6 Å². The van der Waals surface area contributed by atoms with Crippen molar-refractivity contribution in [2.45, 2.75) is 9.10 Å². The van der Waals surface area contributed by atoms with Crippen LogP contribution < -0.4 is 5.56 Å². The Morgan fingerprint density at radius 2 is 1.85 bits per heavy atom. The summed E-state index contributed by atoms with van der Waals surface area (Å²) in [6.07, 6.45) is 3.02. The zero-order valence-electron chi connectivity index (χ0n) is 16.8. The lowest BCUT2D eigenvalue weighted by molar-refractivity contribution is -0.387. The number of thiophene rings is 2. The number of rotatable bonds is 6. The molecule has 0 atom stereocenters. The van der Waals surface area contributed by atoms with E-state index in [2.05, 4.69) is 10.1 Å². The molecule has 0 bridgehead atoms. The van der Waals surface area contributed by atoms with E-state index in [1.54, 1.807) is 24.4 Å². The zero-order chi connectivity index (χ0) is 22.8. The summed E-state index contributed by atoms with van der Waals surface area (Å²) in [5.74, 6) is 0. The van der Waals surface area contributed by atoms with Crippen LogP contribution in [-0.4, -0.2) is 20.8 Å². The van der Waals surface area contributed by atoms with Crippen LogP contribution in [0.4, 0.5) is 5.69 Å². The van der Waals surface area contributed by atoms with Crippen molar-refractivity contribution in [3.05, 3.63) is 104 Å². The molecule has 0 amide bonds. The number of hydrogen-bond acceptors (Lipinski definition) is 8. The van der Waals surface area contributed by atoms with E-state index in [-0.39, 0.29) is 11.2 Å². The molecular formula is C23H14N4O3S3. The number of aromatic nitrogens is 2. The first-order chi connectivity index (χ1) is 16.1. The summed E-state index contributed by atoms with van der Waals surface area (Å²) in [4.78, 5) is 31.0. The van der Waals surface area contributed by atoms with E-state index in [4.69, 9.17) is 0 Å². The smallest absolute Gasteiger partial charge is 0.267 e. The Morgan fingerprint density at radius 3 is 2.61 bits per heavy atom. The van der Waals surface area contributed by atoms with Gasteiger partial charge < -0.3 is 0 Å². The van der Waals surface area contributed by atoms with E-state index >= 15 is 0 Å². The average molecular weight is 491 g/mol. The quantitative estimate of drug-likeness (QED) is 0.162. The maximum absolute atomic E-state index is 13.4. The molecule has 0 unspecified atom stereocenters. The molecule has 3 aromatic heterocycles. The third-order valence-corrected chi connectivity index (χ3v) is 7.90. The minimum atomic E-state index is -0.400. The molecule has 162 valence electrons. The van der Waals surface area contributed by atoms with E-state index in [1.165, 1.54) is 51.5 Å². The lowest BCUT2D eigenvalue weighted by atomic mass is 10.1. The van der Waals surface area contributed by atoms with Gasteiger partial charge in [-0.3, -0.25) is 14.9 Å². The van der Waals surface area contributed by atoms with Crippen molar-refractivity contribution in [2.24, 2.45) is 5.10 Å². The van der Waals surface area contributed by atoms with Gasteiger partial charge in [-0.25, -0.2) is 4.98 Å². The van der Waals surface area contributed by atoms with Crippen molar-refractivity contribution >= 4 is 56.6 Å². The van der Waals surface area contributed by atoms with Crippen molar-refractivity contribution in [3.63, 3.8) is 0 Å². The summed E-state index contributed by atoms with van der Waals surface area (Å²) >= 11 is 4.13.